The summed E-state index contributed by atoms with van der Waals surface area (Å²) < 4.78 is 10.6. The topological polar surface area (TPSA) is 52.6 Å². The second-order valence-electron chi connectivity index (χ2n) is 7.74. The molecular weight excluding hydrogens is 328 g/mol. The first kappa shape index (κ1) is 23.0. The normalized spacial score (nSPS) is 15.0. The van der Waals surface area contributed by atoms with E-state index in [0.717, 1.165) is 12.8 Å². The van der Waals surface area contributed by atoms with Crippen molar-refractivity contribution in [2.24, 2.45) is 5.92 Å². The average Bonchev–Trinajstić information content (AvgIpc) is 2.66. The minimum Gasteiger partial charge on any atom is -0.466 e. The zero-order valence-corrected chi connectivity index (χ0v) is 16.9. The Hall–Kier alpha value is -1.06. The molecule has 0 atom stereocenters. The summed E-state index contributed by atoms with van der Waals surface area (Å²) in [6.45, 7) is 3.30. The van der Waals surface area contributed by atoms with Crippen LogP contribution in [0.1, 0.15) is 110 Å². The lowest BCUT2D eigenvalue weighted by Crippen LogP contribution is -2.17. The SMILES string of the molecule is CCCCCCCCCCOC(=O)CCCC(=O)OCC1CCCCC1. The molecule has 0 N–H and O–H groups in total. The number of carbonyl (C=O) groups is 2. The Morgan fingerprint density at radius 1 is 0.731 bits per heavy atom. The monoisotopic (exact) mass is 368 g/mol. The fourth-order valence-electron chi connectivity index (χ4n) is 3.51. The lowest BCUT2D eigenvalue weighted by molar-refractivity contribution is -0.146. The summed E-state index contributed by atoms with van der Waals surface area (Å²) in [5, 5.41) is 0. The van der Waals surface area contributed by atoms with Gasteiger partial charge in [-0.15, -0.1) is 0 Å². The van der Waals surface area contributed by atoms with Crippen molar-refractivity contribution < 1.29 is 19.1 Å². The molecule has 152 valence electrons. The maximum Gasteiger partial charge on any atom is 0.305 e. The first-order valence-corrected chi connectivity index (χ1v) is 11.0. The van der Waals surface area contributed by atoms with Crippen molar-refractivity contribution in [1.29, 1.82) is 0 Å². The highest BCUT2D eigenvalue weighted by molar-refractivity contribution is 5.72. The summed E-state index contributed by atoms with van der Waals surface area (Å²) in [7, 11) is 0. The third-order valence-electron chi connectivity index (χ3n) is 5.23. The molecule has 4 nitrogen and oxygen atoms in total. The van der Waals surface area contributed by atoms with Gasteiger partial charge in [0.15, 0.2) is 0 Å². The Labute approximate surface area is 160 Å². The summed E-state index contributed by atoms with van der Waals surface area (Å²) in [6.07, 6.45) is 17.2. The summed E-state index contributed by atoms with van der Waals surface area (Å²) in [5.41, 5.74) is 0. The highest BCUT2D eigenvalue weighted by Gasteiger charge is 2.15. The fourth-order valence-corrected chi connectivity index (χ4v) is 3.51. The van der Waals surface area contributed by atoms with Crippen LogP contribution >= 0.6 is 0 Å². The molecule has 0 amide bonds. The van der Waals surface area contributed by atoms with Crippen molar-refractivity contribution >= 4 is 11.9 Å². The van der Waals surface area contributed by atoms with Crippen molar-refractivity contribution in [3.05, 3.63) is 0 Å². The van der Waals surface area contributed by atoms with Gasteiger partial charge in [-0.25, -0.2) is 0 Å². The molecule has 0 aromatic heterocycles. The summed E-state index contributed by atoms with van der Waals surface area (Å²) >= 11 is 0. The predicted molar refractivity (Wildman–Crippen MR) is 105 cm³/mol. The van der Waals surface area contributed by atoms with Crippen molar-refractivity contribution in [2.45, 2.75) is 110 Å². The third-order valence-corrected chi connectivity index (χ3v) is 5.23. The number of esters is 2. The van der Waals surface area contributed by atoms with Crippen LogP contribution in [-0.2, 0) is 19.1 Å². The lowest BCUT2D eigenvalue weighted by Gasteiger charge is -2.20. The molecule has 0 saturated heterocycles. The molecule has 0 aliphatic heterocycles. The summed E-state index contributed by atoms with van der Waals surface area (Å²) in [4.78, 5) is 23.4. The van der Waals surface area contributed by atoms with Gasteiger partial charge in [-0.1, -0.05) is 71.1 Å². The first-order valence-electron chi connectivity index (χ1n) is 11.0. The summed E-state index contributed by atoms with van der Waals surface area (Å²) in [6, 6.07) is 0. The van der Waals surface area contributed by atoms with Gasteiger partial charge >= 0.3 is 11.9 Å². The fraction of sp³-hybridized carbons (Fsp3) is 0.909. The van der Waals surface area contributed by atoms with Crippen molar-refractivity contribution in [3.63, 3.8) is 0 Å². The number of unbranched alkanes of at least 4 members (excludes halogenated alkanes) is 7. The van der Waals surface area contributed by atoms with Crippen molar-refractivity contribution in [2.75, 3.05) is 13.2 Å². The maximum atomic E-state index is 11.7. The third kappa shape index (κ3) is 13.2. The van der Waals surface area contributed by atoms with E-state index in [4.69, 9.17) is 9.47 Å². The van der Waals surface area contributed by atoms with Gasteiger partial charge in [-0.3, -0.25) is 9.59 Å². The minimum atomic E-state index is -0.187. The van der Waals surface area contributed by atoms with E-state index in [1.807, 2.05) is 0 Å². The molecular formula is C22H40O4. The van der Waals surface area contributed by atoms with Crippen molar-refractivity contribution in [1.82, 2.24) is 0 Å². The van der Waals surface area contributed by atoms with Gasteiger partial charge in [0, 0.05) is 12.8 Å². The maximum absolute atomic E-state index is 11.7. The second-order valence-corrected chi connectivity index (χ2v) is 7.74. The van der Waals surface area contributed by atoms with E-state index in [1.165, 1.54) is 70.6 Å². The molecule has 1 aliphatic rings. The van der Waals surface area contributed by atoms with Gasteiger partial charge in [0.05, 0.1) is 13.2 Å². The summed E-state index contributed by atoms with van der Waals surface area (Å²) in [5.74, 6) is 0.184. The molecule has 0 unspecified atom stereocenters. The Balaban J connectivity index is 1.86. The van der Waals surface area contributed by atoms with Crippen LogP contribution in [0.15, 0.2) is 0 Å². The predicted octanol–water partition coefficient (Wildman–Crippen LogP) is 5.96. The number of hydrogen-bond donors (Lipinski definition) is 0. The highest BCUT2D eigenvalue weighted by Crippen LogP contribution is 2.23. The van der Waals surface area contributed by atoms with Crippen molar-refractivity contribution in [3.8, 4) is 0 Å². The van der Waals surface area contributed by atoms with E-state index in [1.54, 1.807) is 0 Å². The van der Waals surface area contributed by atoms with Crippen LogP contribution in [0, 0.1) is 5.92 Å². The van der Waals surface area contributed by atoms with Gasteiger partial charge < -0.3 is 9.47 Å². The standard InChI is InChI=1S/C22H40O4/c1-2-3-4-5-6-7-8-12-18-25-21(23)16-13-17-22(24)26-19-20-14-10-9-11-15-20/h20H,2-19H2,1H3. The Morgan fingerprint density at radius 3 is 1.96 bits per heavy atom. The molecule has 1 aliphatic carbocycles. The van der Waals surface area contributed by atoms with Crippen LogP contribution in [0.4, 0.5) is 0 Å². The zero-order chi connectivity index (χ0) is 18.9. The van der Waals surface area contributed by atoms with Gasteiger partial charge in [-0.05, 0) is 31.6 Å². The number of rotatable bonds is 15. The molecule has 0 heterocycles. The lowest BCUT2D eigenvalue weighted by atomic mass is 9.90. The van der Waals surface area contributed by atoms with E-state index >= 15 is 0 Å². The molecule has 0 aromatic carbocycles. The molecule has 4 heteroatoms. The van der Waals surface area contributed by atoms with Gasteiger partial charge in [-0.2, -0.15) is 0 Å². The van der Waals surface area contributed by atoms with E-state index in [-0.39, 0.29) is 11.9 Å². The zero-order valence-electron chi connectivity index (χ0n) is 16.9. The van der Waals surface area contributed by atoms with Gasteiger partial charge in [0.25, 0.3) is 0 Å². The molecule has 0 bridgehead atoms. The quantitative estimate of drug-likeness (QED) is 0.264. The number of carbonyl (C=O) groups excluding carboxylic acids is 2. The molecule has 1 rings (SSSR count). The van der Waals surface area contributed by atoms with Crippen LogP contribution in [0.3, 0.4) is 0 Å². The Morgan fingerprint density at radius 2 is 1.31 bits per heavy atom. The molecule has 0 radical (unpaired) electrons. The number of hydrogen-bond acceptors (Lipinski definition) is 4. The molecule has 0 spiro atoms. The van der Waals surface area contributed by atoms with E-state index in [2.05, 4.69) is 6.92 Å². The largest absolute Gasteiger partial charge is 0.466 e. The van der Waals surface area contributed by atoms with Crippen LogP contribution in [0.2, 0.25) is 0 Å². The Kier molecular flexibility index (Phi) is 14.3. The second kappa shape index (κ2) is 16.1. The first-order chi connectivity index (χ1) is 12.7. The average molecular weight is 369 g/mol. The van der Waals surface area contributed by atoms with E-state index in [0.29, 0.717) is 38.4 Å². The molecule has 1 saturated carbocycles. The minimum absolute atomic E-state index is 0.175. The smallest absolute Gasteiger partial charge is 0.305 e. The highest BCUT2D eigenvalue weighted by atomic mass is 16.5. The van der Waals surface area contributed by atoms with Crippen LogP contribution in [-0.4, -0.2) is 25.2 Å². The van der Waals surface area contributed by atoms with Gasteiger partial charge in [0.2, 0.25) is 0 Å². The van der Waals surface area contributed by atoms with Crippen LogP contribution in [0.25, 0.3) is 0 Å². The molecule has 0 aromatic rings. The molecule has 1 fully saturated rings. The van der Waals surface area contributed by atoms with E-state index in [9.17, 15) is 9.59 Å². The number of ether oxygens (including phenoxy) is 2. The molecule has 26 heavy (non-hydrogen) atoms. The van der Waals surface area contributed by atoms with Gasteiger partial charge in [0.1, 0.15) is 0 Å². The van der Waals surface area contributed by atoms with E-state index < -0.39 is 0 Å². The van der Waals surface area contributed by atoms with Crippen LogP contribution < -0.4 is 0 Å². The Bertz CT molecular complexity index is 361. The van der Waals surface area contributed by atoms with Crippen LogP contribution in [0.5, 0.6) is 0 Å².